The third-order valence-electron chi connectivity index (χ3n) is 3.85. The SMILES string of the molecule is O=C(COC(=O)c1ccccn1)NC(c1ccccc1)c1ccc(Cl)cc1. The van der Waals surface area contributed by atoms with E-state index in [1.54, 1.807) is 24.3 Å². The number of carbonyl (C=O) groups is 2. The first-order valence-electron chi connectivity index (χ1n) is 8.31. The van der Waals surface area contributed by atoms with Crippen molar-refractivity contribution < 1.29 is 14.3 Å². The zero-order chi connectivity index (χ0) is 19.1. The number of nitrogens with one attached hydrogen (secondary N) is 1. The van der Waals surface area contributed by atoms with Crippen LogP contribution in [0.2, 0.25) is 5.02 Å². The van der Waals surface area contributed by atoms with Crippen LogP contribution in [0.1, 0.15) is 27.7 Å². The number of aromatic nitrogens is 1. The summed E-state index contributed by atoms with van der Waals surface area (Å²) >= 11 is 5.96. The van der Waals surface area contributed by atoms with Gasteiger partial charge in [-0.2, -0.15) is 0 Å². The van der Waals surface area contributed by atoms with Crippen LogP contribution < -0.4 is 5.32 Å². The Hall–Kier alpha value is -3.18. The highest BCUT2D eigenvalue weighted by Gasteiger charge is 2.18. The molecule has 0 aliphatic carbocycles. The standard InChI is InChI=1S/C21H17ClN2O3/c22-17-11-9-16(10-12-17)20(15-6-2-1-3-7-15)24-19(25)14-27-21(26)18-8-4-5-13-23-18/h1-13,20H,14H2,(H,24,25). The van der Waals surface area contributed by atoms with Gasteiger partial charge < -0.3 is 10.1 Å². The highest BCUT2D eigenvalue weighted by Crippen LogP contribution is 2.23. The first-order chi connectivity index (χ1) is 13.1. The van der Waals surface area contributed by atoms with E-state index < -0.39 is 18.5 Å². The molecule has 0 fully saturated rings. The maximum absolute atomic E-state index is 12.4. The van der Waals surface area contributed by atoms with E-state index in [1.807, 2.05) is 42.5 Å². The molecule has 6 heteroatoms. The van der Waals surface area contributed by atoms with E-state index in [9.17, 15) is 9.59 Å². The third kappa shape index (κ3) is 5.15. The Kier molecular flexibility index (Phi) is 6.18. The number of nitrogens with zero attached hydrogens (tertiary/aromatic N) is 1. The molecule has 0 aliphatic heterocycles. The smallest absolute Gasteiger partial charge is 0.357 e. The molecule has 1 N–H and O–H groups in total. The summed E-state index contributed by atoms with van der Waals surface area (Å²) < 4.78 is 5.05. The van der Waals surface area contributed by atoms with Crippen LogP contribution in [-0.4, -0.2) is 23.5 Å². The summed E-state index contributed by atoms with van der Waals surface area (Å²) in [6.07, 6.45) is 1.49. The lowest BCUT2D eigenvalue weighted by molar-refractivity contribution is -0.124. The lowest BCUT2D eigenvalue weighted by Gasteiger charge is -2.20. The van der Waals surface area contributed by atoms with E-state index in [1.165, 1.54) is 12.3 Å². The van der Waals surface area contributed by atoms with Gasteiger partial charge in [0.2, 0.25) is 0 Å². The molecule has 3 aromatic rings. The van der Waals surface area contributed by atoms with Crippen molar-refractivity contribution in [2.75, 3.05) is 6.61 Å². The van der Waals surface area contributed by atoms with Crippen molar-refractivity contribution in [3.63, 3.8) is 0 Å². The second kappa shape index (κ2) is 8.96. The largest absolute Gasteiger partial charge is 0.451 e. The van der Waals surface area contributed by atoms with E-state index in [2.05, 4.69) is 10.3 Å². The second-order valence-electron chi connectivity index (χ2n) is 5.75. The van der Waals surface area contributed by atoms with Crippen LogP contribution >= 0.6 is 11.6 Å². The van der Waals surface area contributed by atoms with Crippen molar-refractivity contribution >= 4 is 23.5 Å². The van der Waals surface area contributed by atoms with Crippen molar-refractivity contribution in [2.45, 2.75) is 6.04 Å². The Labute approximate surface area is 162 Å². The Morgan fingerprint density at radius 3 is 2.26 bits per heavy atom. The Bertz CT molecular complexity index is 900. The highest BCUT2D eigenvalue weighted by molar-refractivity contribution is 6.30. The van der Waals surface area contributed by atoms with Crippen LogP contribution in [0.5, 0.6) is 0 Å². The number of amides is 1. The molecule has 0 spiro atoms. The fourth-order valence-electron chi connectivity index (χ4n) is 2.55. The van der Waals surface area contributed by atoms with Gasteiger partial charge in [-0.15, -0.1) is 0 Å². The van der Waals surface area contributed by atoms with Gasteiger partial charge in [0.05, 0.1) is 6.04 Å². The summed E-state index contributed by atoms with van der Waals surface area (Å²) in [6.45, 7) is -0.396. The van der Waals surface area contributed by atoms with Crippen molar-refractivity contribution in [1.29, 1.82) is 0 Å². The molecule has 136 valence electrons. The highest BCUT2D eigenvalue weighted by atomic mass is 35.5. The molecular weight excluding hydrogens is 364 g/mol. The molecule has 1 heterocycles. The van der Waals surface area contributed by atoms with Crippen LogP contribution in [0.15, 0.2) is 79.0 Å². The van der Waals surface area contributed by atoms with Gasteiger partial charge in [0, 0.05) is 11.2 Å². The summed E-state index contributed by atoms with van der Waals surface area (Å²) in [4.78, 5) is 28.2. The summed E-state index contributed by atoms with van der Waals surface area (Å²) in [5, 5.41) is 3.51. The van der Waals surface area contributed by atoms with Gasteiger partial charge in [0.1, 0.15) is 5.69 Å². The Morgan fingerprint density at radius 1 is 0.926 bits per heavy atom. The summed E-state index contributed by atoms with van der Waals surface area (Å²) in [5.74, 6) is -1.06. The predicted octanol–water partition coefficient (Wildman–Crippen LogP) is 3.80. The summed E-state index contributed by atoms with van der Waals surface area (Å²) in [6, 6.07) is 21.3. The molecule has 1 atom stereocenters. The first-order valence-corrected chi connectivity index (χ1v) is 8.69. The average Bonchev–Trinajstić information content (AvgIpc) is 2.72. The van der Waals surface area contributed by atoms with E-state index in [0.717, 1.165) is 11.1 Å². The minimum atomic E-state index is -0.645. The third-order valence-corrected chi connectivity index (χ3v) is 4.10. The molecule has 0 saturated carbocycles. The van der Waals surface area contributed by atoms with Gasteiger partial charge in [-0.05, 0) is 35.4 Å². The van der Waals surface area contributed by atoms with Crippen LogP contribution in [0, 0.1) is 0 Å². The molecular formula is C21H17ClN2O3. The monoisotopic (exact) mass is 380 g/mol. The normalized spacial score (nSPS) is 11.4. The average molecular weight is 381 g/mol. The van der Waals surface area contributed by atoms with E-state index in [0.29, 0.717) is 5.02 Å². The summed E-state index contributed by atoms with van der Waals surface area (Å²) in [5.41, 5.74) is 1.93. The molecule has 2 aromatic carbocycles. The number of carbonyl (C=O) groups excluding carboxylic acids is 2. The fourth-order valence-corrected chi connectivity index (χ4v) is 2.68. The molecule has 0 bridgehead atoms. The maximum atomic E-state index is 12.4. The number of benzene rings is 2. The molecule has 27 heavy (non-hydrogen) atoms. The maximum Gasteiger partial charge on any atom is 0.357 e. The van der Waals surface area contributed by atoms with Crippen LogP contribution in [0.25, 0.3) is 0 Å². The van der Waals surface area contributed by atoms with Gasteiger partial charge in [-0.1, -0.05) is 60.1 Å². The van der Waals surface area contributed by atoms with Gasteiger partial charge in [-0.25, -0.2) is 9.78 Å². The molecule has 1 amide bonds. The van der Waals surface area contributed by atoms with E-state index in [4.69, 9.17) is 16.3 Å². The number of hydrogen-bond donors (Lipinski definition) is 1. The van der Waals surface area contributed by atoms with Crippen molar-refractivity contribution in [3.05, 3.63) is 101 Å². The van der Waals surface area contributed by atoms with Crippen LogP contribution in [-0.2, 0) is 9.53 Å². The molecule has 0 aliphatic rings. The molecule has 1 unspecified atom stereocenters. The first kappa shape index (κ1) is 18.6. The lowest BCUT2D eigenvalue weighted by Crippen LogP contribution is -2.33. The quantitative estimate of drug-likeness (QED) is 0.660. The van der Waals surface area contributed by atoms with Crippen molar-refractivity contribution in [3.8, 4) is 0 Å². The van der Waals surface area contributed by atoms with Gasteiger partial charge >= 0.3 is 5.97 Å². The fraction of sp³-hybridized carbons (Fsp3) is 0.0952. The minimum absolute atomic E-state index is 0.155. The molecule has 1 aromatic heterocycles. The predicted molar refractivity (Wildman–Crippen MR) is 102 cm³/mol. The zero-order valence-electron chi connectivity index (χ0n) is 14.3. The van der Waals surface area contributed by atoms with Gasteiger partial charge in [0.15, 0.2) is 6.61 Å². The number of pyridine rings is 1. The lowest BCUT2D eigenvalue weighted by atomic mass is 9.99. The number of rotatable bonds is 6. The van der Waals surface area contributed by atoms with Crippen LogP contribution in [0.4, 0.5) is 0 Å². The number of hydrogen-bond acceptors (Lipinski definition) is 4. The van der Waals surface area contributed by atoms with E-state index >= 15 is 0 Å². The van der Waals surface area contributed by atoms with Gasteiger partial charge in [-0.3, -0.25) is 4.79 Å². The minimum Gasteiger partial charge on any atom is -0.451 e. The Morgan fingerprint density at radius 2 is 1.59 bits per heavy atom. The zero-order valence-corrected chi connectivity index (χ0v) is 15.1. The Balaban J connectivity index is 1.69. The molecule has 5 nitrogen and oxygen atoms in total. The molecule has 0 saturated heterocycles. The van der Waals surface area contributed by atoms with Gasteiger partial charge in [0.25, 0.3) is 5.91 Å². The number of esters is 1. The number of halogens is 1. The molecule has 3 rings (SSSR count). The second-order valence-corrected chi connectivity index (χ2v) is 6.19. The van der Waals surface area contributed by atoms with Crippen LogP contribution in [0.3, 0.4) is 0 Å². The summed E-state index contributed by atoms with van der Waals surface area (Å²) in [7, 11) is 0. The van der Waals surface area contributed by atoms with Crippen molar-refractivity contribution in [1.82, 2.24) is 10.3 Å². The number of ether oxygens (including phenoxy) is 1. The molecule has 0 radical (unpaired) electrons. The van der Waals surface area contributed by atoms with E-state index in [-0.39, 0.29) is 11.7 Å². The topological polar surface area (TPSA) is 68.3 Å². The van der Waals surface area contributed by atoms with Crippen molar-refractivity contribution in [2.24, 2.45) is 0 Å².